The van der Waals surface area contributed by atoms with Crippen molar-refractivity contribution in [3.05, 3.63) is 30.3 Å². The summed E-state index contributed by atoms with van der Waals surface area (Å²) in [6.07, 6.45) is 2.97. The maximum absolute atomic E-state index is 12.1. The van der Waals surface area contributed by atoms with Crippen LogP contribution in [0, 0.1) is 11.3 Å². The summed E-state index contributed by atoms with van der Waals surface area (Å²) in [7, 11) is 0. The van der Waals surface area contributed by atoms with E-state index in [0.29, 0.717) is 36.9 Å². The van der Waals surface area contributed by atoms with E-state index in [1.165, 1.54) is 4.46 Å². The Bertz CT molecular complexity index is 405. The predicted molar refractivity (Wildman–Crippen MR) is 77.4 cm³/mol. The third kappa shape index (κ3) is 3.46. The van der Waals surface area contributed by atoms with E-state index >= 15 is 0 Å². The molecule has 0 N–H and O–H groups in total. The standard InChI is InChI=1S/C16H22OSe/c1-16(2,3)12-9-10-14(17)15(11-12)18-13-7-5-4-6-8-13/h4-8,12,15H,9-11H2,1-3H3/t12-,15-/m0/s1. The first-order chi connectivity index (χ1) is 8.47. The van der Waals surface area contributed by atoms with Gasteiger partial charge in [0.05, 0.1) is 0 Å². The Labute approximate surface area is 117 Å². The van der Waals surface area contributed by atoms with Gasteiger partial charge < -0.3 is 0 Å². The summed E-state index contributed by atoms with van der Waals surface area (Å²) in [5.41, 5.74) is 0.339. The van der Waals surface area contributed by atoms with E-state index in [1.807, 2.05) is 6.07 Å². The van der Waals surface area contributed by atoms with Crippen LogP contribution in [0.4, 0.5) is 0 Å². The molecule has 1 nitrogen and oxygen atoms in total. The first kappa shape index (κ1) is 13.8. The Balaban J connectivity index is 2.05. The molecule has 2 heteroatoms. The Morgan fingerprint density at radius 2 is 1.83 bits per heavy atom. The minimum absolute atomic E-state index is 0.304. The van der Waals surface area contributed by atoms with Crippen molar-refractivity contribution in [3.63, 3.8) is 0 Å². The zero-order valence-electron chi connectivity index (χ0n) is 11.5. The van der Waals surface area contributed by atoms with Gasteiger partial charge in [-0.25, -0.2) is 0 Å². The number of carbonyl (C=O) groups is 1. The molecule has 0 heterocycles. The van der Waals surface area contributed by atoms with Gasteiger partial charge in [-0.2, -0.15) is 0 Å². The van der Waals surface area contributed by atoms with Crippen molar-refractivity contribution in [2.75, 3.05) is 0 Å². The molecule has 0 amide bonds. The summed E-state index contributed by atoms with van der Waals surface area (Å²) in [5, 5.41) is 0. The van der Waals surface area contributed by atoms with Gasteiger partial charge in [0.2, 0.25) is 0 Å². The zero-order valence-corrected chi connectivity index (χ0v) is 13.2. The normalized spacial score (nSPS) is 25.2. The van der Waals surface area contributed by atoms with Crippen LogP contribution in [0.25, 0.3) is 0 Å². The van der Waals surface area contributed by atoms with Gasteiger partial charge >= 0.3 is 117 Å². The molecule has 2 rings (SSSR count). The summed E-state index contributed by atoms with van der Waals surface area (Å²) in [6, 6.07) is 10.5. The third-order valence-corrected chi connectivity index (χ3v) is 6.54. The van der Waals surface area contributed by atoms with Crippen molar-refractivity contribution in [1.29, 1.82) is 0 Å². The molecule has 0 spiro atoms. The van der Waals surface area contributed by atoms with Gasteiger partial charge in [0, 0.05) is 0 Å². The first-order valence-electron chi connectivity index (χ1n) is 6.71. The van der Waals surface area contributed by atoms with E-state index in [-0.39, 0.29) is 0 Å². The van der Waals surface area contributed by atoms with Gasteiger partial charge in [0.25, 0.3) is 0 Å². The van der Waals surface area contributed by atoms with E-state index < -0.39 is 0 Å². The van der Waals surface area contributed by atoms with Crippen LogP contribution in [-0.4, -0.2) is 20.7 Å². The third-order valence-electron chi connectivity index (χ3n) is 3.84. The van der Waals surface area contributed by atoms with Crippen LogP contribution < -0.4 is 4.46 Å². The van der Waals surface area contributed by atoms with Crippen molar-refractivity contribution < 1.29 is 4.79 Å². The number of ketones is 1. The molecule has 0 radical (unpaired) electrons. The number of hydrogen-bond donors (Lipinski definition) is 0. The average Bonchev–Trinajstić information content (AvgIpc) is 2.32. The molecular weight excluding hydrogens is 287 g/mol. The van der Waals surface area contributed by atoms with Crippen molar-refractivity contribution in [2.45, 2.75) is 44.9 Å². The number of rotatable bonds is 2. The molecule has 98 valence electrons. The van der Waals surface area contributed by atoms with Gasteiger partial charge in [-0.05, 0) is 0 Å². The van der Waals surface area contributed by atoms with Crippen molar-refractivity contribution in [3.8, 4) is 0 Å². The summed E-state index contributed by atoms with van der Waals surface area (Å²) < 4.78 is 1.36. The number of Topliss-reactive ketones (excluding diaryl/α,β-unsaturated/α-hetero) is 1. The minimum atomic E-state index is 0.304. The molecular formula is C16H22OSe. The molecule has 0 unspecified atom stereocenters. The number of hydrogen-bond acceptors (Lipinski definition) is 1. The zero-order chi connectivity index (χ0) is 13.2. The SMILES string of the molecule is CC(C)(C)[C@H]1CCC(=O)[C@@H]([Se]c2ccccc2)C1. The quantitative estimate of drug-likeness (QED) is 0.767. The molecule has 1 saturated carbocycles. The van der Waals surface area contributed by atoms with Crippen molar-refractivity contribution in [1.82, 2.24) is 0 Å². The van der Waals surface area contributed by atoms with Crippen LogP contribution in [0.1, 0.15) is 40.0 Å². The van der Waals surface area contributed by atoms with Gasteiger partial charge in [-0.3, -0.25) is 0 Å². The van der Waals surface area contributed by atoms with Crippen molar-refractivity contribution >= 4 is 25.2 Å². The van der Waals surface area contributed by atoms with E-state index in [4.69, 9.17) is 0 Å². The van der Waals surface area contributed by atoms with Gasteiger partial charge in [0.1, 0.15) is 0 Å². The topological polar surface area (TPSA) is 17.1 Å². The molecule has 1 aromatic rings. The summed E-state index contributed by atoms with van der Waals surface area (Å²) in [4.78, 5) is 12.4. The molecule has 1 aromatic carbocycles. The fourth-order valence-electron chi connectivity index (χ4n) is 2.55. The second-order valence-corrected chi connectivity index (χ2v) is 8.90. The molecule has 0 bridgehead atoms. The monoisotopic (exact) mass is 310 g/mol. The van der Waals surface area contributed by atoms with Crippen molar-refractivity contribution in [2.24, 2.45) is 11.3 Å². The summed E-state index contributed by atoms with van der Waals surface area (Å²) >= 11 is 0.308. The summed E-state index contributed by atoms with van der Waals surface area (Å²) in [6.45, 7) is 6.92. The van der Waals surface area contributed by atoms with Crippen LogP contribution in [0.3, 0.4) is 0 Å². The number of carbonyl (C=O) groups excluding carboxylic acids is 1. The second kappa shape index (κ2) is 5.59. The first-order valence-corrected chi connectivity index (χ1v) is 8.56. The average molecular weight is 309 g/mol. The fourth-order valence-corrected chi connectivity index (χ4v) is 5.11. The Morgan fingerprint density at radius 1 is 1.17 bits per heavy atom. The van der Waals surface area contributed by atoms with Crippen LogP contribution in [-0.2, 0) is 4.79 Å². The molecule has 1 fully saturated rings. The Hall–Kier alpha value is -0.591. The number of benzene rings is 1. The van der Waals surface area contributed by atoms with E-state index in [0.717, 1.165) is 19.3 Å². The molecule has 2 atom stereocenters. The predicted octanol–water partition coefficient (Wildman–Crippen LogP) is 3.22. The van der Waals surface area contributed by atoms with Gasteiger partial charge in [0.15, 0.2) is 0 Å². The van der Waals surface area contributed by atoms with Gasteiger partial charge in [-0.15, -0.1) is 0 Å². The molecule has 18 heavy (non-hydrogen) atoms. The Morgan fingerprint density at radius 3 is 2.44 bits per heavy atom. The summed E-state index contributed by atoms with van der Waals surface area (Å²) in [5.74, 6) is 1.20. The van der Waals surface area contributed by atoms with E-state index in [2.05, 4.69) is 45.0 Å². The van der Waals surface area contributed by atoms with E-state index in [1.54, 1.807) is 0 Å². The molecule has 1 aliphatic carbocycles. The second-order valence-electron chi connectivity index (χ2n) is 6.22. The molecule has 0 aromatic heterocycles. The van der Waals surface area contributed by atoms with Crippen LogP contribution in [0.5, 0.6) is 0 Å². The fraction of sp³-hybridized carbons (Fsp3) is 0.562. The van der Waals surface area contributed by atoms with Crippen LogP contribution in [0.2, 0.25) is 4.82 Å². The molecule has 0 aliphatic heterocycles. The van der Waals surface area contributed by atoms with Crippen LogP contribution >= 0.6 is 0 Å². The van der Waals surface area contributed by atoms with Gasteiger partial charge in [-0.1, -0.05) is 0 Å². The van der Waals surface area contributed by atoms with E-state index in [9.17, 15) is 4.79 Å². The maximum atomic E-state index is 12.1. The molecule has 1 aliphatic rings. The van der Waals surface area contributed by atoms with Crippen LogP contribution in [0.15, 0.2) is 30.3 Å². The molecule has 0 saturated heterocycles. The Kier molecular flexibility index (Phi) is 4.29.